The molecule has 0 saturated carbocycles. The molecule has 6 heteroatoms. The van der Waals surface area contributed by atoms with Crippen LogP contribution < -0.4 is 15.1 Å². The van der Waals surface area contributed by atoms with Crippen LogP contribution in [0.5, 0.6) is 11.5 Å². The van der Waals surface area contributed by atoms with Crippen LogP contribution in [0.3, 0.4) is 0 Å². The maximum Gasteiger partial charge on any atom is 0.349 e. The molecule has 1 aromatic heterocycles. The predicted molar refractivity (Wildman–Crippen MR) is 84.8 cm³/mol. The van der Waals surface area contributed by atoms with Crippen molar-refractivity contribution in [1.29, 1.82) is 5.26 Å². The summed E-state index contributed by atoms with van der Waals surface area (Å²) in [5.74, 6) is 0.109. The molecule has 0 saturated heterocycles. The van der Waals surface area contributed by atoms with Crippen molar-refractivity contribution < 1.29 is 18.7 Å². The molecule has 1 heterocycles. The molecular weight excluding hydrogens is 310 g/mol. The number of benzene rings is 2. The molecule has 0 N–H and O–H groups in total. The van der Waals surface area contributed by atoms with Crippen LogP contribution in [-0.4, -0.2) is 12.6 Å². The zero-order valence-electron chi connectivity index (χ0n) is 12.4. The first-order valence-corrected chi connectivity index (χ1v) is 7.01. The van der Waals surface area contributed by atoms with Gasteiger partial charge in [-0.3, -0.25) is 0 Å². The summed E-state index contributed by atoms with van der Waals surface area (Å²) in [6.07, 6.45) is 0. The summed E-state index contributed by atoms with van der Waals surface area (Å²) >= 11 is 0. The molecule has 0 unspecified atom stereocenters. The highest BCUT2D eigenvalue weighted by atomic mass is 16.6. The predicted octanol–water partition coefficient (Wildman–Crippen LogP) is 2.65. The highest BCUT2D eigenvalue weighted by molar-refractivity contribution is 5.80. The summed E-state index contributed by atoms with van der Waals surface area (Å²) < 4.78 is 15.5. The van der Waals surface area contributed by atoms with E-state index in [2.05, 4.69) is 0 Å². The molecular formula is C18H11NO5. The zero-order chi connectivity index (χ0) is 16.9. The van der Waals surface area contributed by atoms with Gasteiger partial charge < -0.3 is 13.9 Å². The molecule has 0 spiro atoms. The van der Waals surface area contributed by atoms with E-state index in [0.717, 1.165) is 5.39 Å². The highest BCUT2D eigenvalue weighted by Crippen LogP contribution is 2.19. The van der Waals surface area contributed by atoms with Gasteiger partial charge in [0.25, 0.3) is 0 Å². The summed E-state index contributed by atoms with van der Waals surface area (Å²) in [5, 5.41) is 9.44. The first kappa shape index (κ1) is 15.3. The quantitative estimate of drug-likeness (QED) is 0.417. The third-order valence-electron chi connectivity index (χ3n) is 3.17. The second-order valence-electron chi connectivity index (χ2n) is 4.85. The van der Waals surface area contributed by atoms with Gasteiger partial charge in [-0.15, -0.1) is 0 Å². The van der Waals surface area contributed by atoms with E-state index in [0.29, 0.717) is 16.9 Å². The number of nitriles is 1. The average molecular weight is 321 g/mol. The van der Waals surface area contributed by atoms with E-state index in [1.54, 1.807) is 42.5 Å². The summed E-state index contributed by atoms with van der Waals surface area (Å²) in [7, 11) is 0. The van der Waals surface area contributed by atoms with Gasteiger partial charge in [0, 0.05) is 17.5 Å². The summed E-state index contributed by atoms with van der Waals surface area (Å²) in [6, 6.07) is 16.1. The van der Waals surface area contributed by atoms with E-state index in [-0.39, 0.29) is 12.4 Å². The van der Waals surface area contributed by atoms with E-state index in [9.17, 15) is 9.59 Å². The van der Waals surface area contributed by atoms with Crippen molar-refractivity contribution in [2.75, 3.05) is 6.61 Å². The molecule has 0 bridgehead atoms. The molecule has 0 aliphatic heterocycles. The Kier molecular flexibility index (Phi) is 4.25. The Morgan fingerprint density at radius 3 is 2.50 bits per heavy atom. The average Bonchev–Trinajstić information content (AvgIpc) is 2.60. The van der Waals surface area contributed by atoms with Crippen LogP contribution in [0.1, 0.15) is 5.56 Å². The first-order chi connectivity index (χ1) is 11.6. The number of esters is 1. The number of carbonyl (C=O) groups is 1. The smallest absolute Gasteiger partial charge is 0.349 e. The lowest BCUT2D eigenvalue weighted by atomic mass is 10.2. The summed E-state index contributed by atoms with van der Waals surface area (Å²) in [6.45, 7) is -0.289. The zero-order valence-corrected chi connectivity index (χ0v) is 12.4. The van der Waals surface area contributed by atoms with Gasteiger partial charge in [-0.25, -0.2) is 9.59 Å². The fraction of sp³-hybridized carbons (Fsp3) is 0.0556. The number of nitrogens with zero attached hydrogens (tertiary/aromatic N) is 1. The number of hydrogen-bond acceptors (Lipinski definition) is 6. The fourth-order valence-electron chi connectivity index (χ4n) is 2.03. The van der Waals surface area contributed by atoms with E-state index in [1.165, 1.54) is 12.1 Å². The van der Waals surface area contributed by atoms with Crippen LogP contribution >= 0.6 is 0 Å². The second-order valence-corrected chi connectivity index (χ2v) is 4.85. The largest absolute Gasteiger partial charge is 0.482 e. The van der Waals surface area contributed by atoms with E-state index >= 15 is 0 Å². The highest BCUT2D eigenvalue weighted by Gasteiger charge is 2.08. The van der Waals surface area contributed by atoms with Gasteiger partial charge in [-0.1, -0.05) is 0 Å². The SMILES string of the molecule is N#Cc1ccc(OCC(=O)Oc2ccc3ccc(=O)oc3c2)cc1. The van der Waals surface area contributed by atoms with Crippen LogP contribution in [0.15, 0.2) is 63.8 Å². The minimum atomic E-state index is -0.600. The Bertz CT molecular complexity index is 983. The topological polar surface area (TPSA) is 89.5 Å². The van der Waals surface area contributed by atoms with Crippen molar-refractivity contribution in [2.24, 2.45) is 0 Å². The minimum Gasteiger partial charge on any atom is -0.482 e. The number of rotatable bonds is 4. The van der Waals surface area contributed by atoms with Crippen LogP contribution in [0, 0.1) is 11.3 Å². The van der Waals surface area contributed by atoms with Crippen molar-refractivity contribution in [2.45, 2.75) is 0 Å². The molecule has 0 atom stereocenters. The van der Waals surface area contributed by atoms with Crippen molar-refractivity contribution in [1.82, 2.24) is 0 Å². The third-order valence-corrected chi connectivity index (χ3v) is 3.17. The lowest BCUT2D eigenvalue weighted by molar-refractivity contribution is -0.136. The van der Waals surface area contributed by atoms with Gasteiger partial charge in [0.05, 0.1) is 11.6 Å². The number of hydrogen-bond donors (Lipinski definition) is 0. The van der Waals surface area contributed by atoms with Crippen molar-refractivity contribution in [3.8, 4) is 17.6 Å². The maximum absolute atomic E-state index is 11.8. The van der Waals surface area contributed by atoms with Crippen LogP contribution in [0.25, 0.3) is 11.0 Å². The molecule has 0 aliphatic rings. The van der Waals surface area contributed by atoms with Gasteiger partial charge in [-0.05, 0) is 42.5 Å². The van der Waals surface area contributed by atoms with Crippen LogP contribution in [-0.2, 0) is 4.79 Å². The molecule has 0 radical (unpaired) electrons. The Balaban J connectivity index is 1.64. The summed E-state index contributed by atoms with van der Waals surface area (Å²) in [5.41, 5.74) is 0.360. The van der Waals surface area contributed by atoms with E-state index in [1.807, 2.05) is 6.07 Å². The maximum atomic E-state index is 11.8. The molecule has 0 amide bonds. The number of fused-ring (bicyclic) bond motifs is 1. The Morgan fingerprint density at radius 1 is 1.04 bits per heavy atom. The molecule has 118 valence electrons. The van der Waals surface area contributed by atoms with Crippen molar-refractivity contribution in [3.63, 3.8) is 0 Å². The molecule has 0 fully saturated rings. The number of ether oxygens (including phenoxy) is 2. The standard InChI is InChI=1S/C18H11NO5/c19-10-12-1-5-14(6-2-12)22-11-18(21)23-15-7-3-13-4-8-17(20)24-16(13)9-15/h1-9H,11H2. The molecule has 3 aromatic rings. The third kappa shape index (κ3) is 3.59. The molecule has 0 aliphatic carbocycles. The Labute approximate surface area is 136 Å². The lowest BCUT2D eigenvalue weighted by Gasteiger charge is -2.07. The molecule has 3 rings (SSSR count). The molecule has 2 aromatic carbocycles. The van der Waals surface area contributed by atoms with E-state index < -0.39 is 11.6 Å². The first-order valence-electron chi connectivity index (χ1n) is 7.01. The monoisotopic (exact) mass is 321 g/mol. The van der Waals surface area contributed by atoms with Gasteiger partial charge in [0.2, 0.25) is 0 Å². The normalized spacial score (nSPS) is 10.1. The van der Waals surface area contributed by atoms with Crippen LogP contribution in [0.4, 0.5) is 0 Å². The Morgan fingerprint density at radius 2 is 1.75 bits per heavy atom. The summed E-state index contributed by atoms with van der Waals surface area (Å²) in [4.78, 5) is 23.0. The second kappa shape index (κ2) is 6.67. The van der Waals surface area contributed by atoms with Crippen LogP contribution in [0.2, 0.25) is 0 Å². The van der Waals surface area contributed by atoms with Crippen molar-refractivity contribution in [3.05, 3.63) is 70.6 Å². The minimum absolute atomic E-state index is 0.255. The van der Waals surface area contributed by atoms with Gasteiger partial charge in [-0.2, -0.15) is 5.26 Å². The molecule has 24 heavy (non-hydrogen) atoms. The Hall–Kier alpha value is -3.59. The number of carbonyl (C=O) groups excluding carboxylic acids is 1. The van der Waals surface area contributed by atoms with Crippen molar-refractivity contribution >= 4 is 16.9 Å². The van der Waals surface area contributed by atoms with Gasteiger partial charge >= 0.3 is 11.6 Å². The van der Waals surface area contributed by atoms with Gasteiger partial charge in [0.1, 0.15) is 17.1 Å². The van der Waals surface area contributed by atoms with Gasteiger partial charge in [0.15, 0.2) is 6.61 Å². The fourth-order valence-corrected chi connectivity index (χ4v) is 2.03. The van der Waals surface area contributed by atoms with E-state index in [4.69, 9.17) is 19.2 Å². The molecule has 6 nitrogen and oxygen atoms in total. The lowest BCUT2D eigenvalue weighted by Crippen LogP contribution is -2.17.